The summed E-state index contributed by atoms with van der Waals surface area (Å²) in [5.74, 6) is -0.692. The van der Waals surface area contributed by atoms with Crippen molar-refractivity contribution in [2.24, 2.45) is 5.92 Å². The lowest BCUT2D eigenvalue weighted by atomic mass is 9.92. The van der Waals surface area contributed by atoms with Crippen LogP contribution in [-0.2, 0) is 4.79 Å². The molecule has 1 aromatic carbocycles. The fraction of sp³-hybridized carbons (Fsp3) is 0.600. The lowest BCUT2D eigenvalue weighted by Crippen LogP contribution is -2.47. The molecule has 2 aliphatic heterocycles. The van der Waals surface area contributed by atoms with E-state index in [1.807, 2.05) is 4.90 Å². The number of aromatic hydroxyl groups is 1. The Kier molecular flexibility index (Phi) is 6.31. The lowest BCUT2D eigenvalue weighted by Gasteiger charge is -2.34. The SMILES string of the molecule is CN1CCN(C(=O)CC[C@H]2CCCN(C(=O)c3ccc(F)cc3O)C2)CC1. The average molecular weight is 377 g/mol. The number of hydrogen-bond donors (Lipinski definition) is 1. The third-order valence-electron chi connectivity index (χ3n) is 5.62. The predicted molar refractivity (Wildman–Crippen MR) is 100 cm³/mol. The molecule has 2 heterocycles. The van der Waals surface area contributed by atoms with Crippen LogP contribution in [0.5, 0.6) is 5.75 Å². The Morgan fingerprint density at radius 1 is 1.15 bits per heavy atom. The van der Waals surface area contributed by atoms with Crippen molar-refractivity contribution in [3.05, 3.63) is 29.6 Å². The number of likely N-dealkylation sites (N-methyl/N-ethyl adjacent to an activating group) is 1. The van der Waals surface area contributed by atoms with Crippen molar-refractivity contribution < 1.29 is 19.1 Å². The zero-order valence-electron chi connectivity index (χ0n) is 15.9. The smallest absolute Gasteiger partial charge is 0.257 e. The minimum Gasteiger partial charge on any atom is -0.507 e. The fourth-order valence-electron chi connectivity index (χ4n) is 3.88. The Balaban J connectivity index is 1.51. The highest BCUT2D eigenvalue weighted by atomic mass is 19.1. The van der Waals surface area contributed by atoms with Gasteiger partial charge in [0.05, 0.1) is 5.56 Å². The van der Waals surface area contributed by atoms with Crippen LogP contribution in [0, 0.1) is 11.7 Å². The third kappa shape index (κ3) is 4.97. The fourth-order valence-corrected chi connectivity index (χ4v) is 3.88. The van der Waals surface area contributed by atoms with Crippen LogP contribution in [-0.4, -0.2) is 77.9 Å². The van der Waals surface area contributed by atoms with Gasteiger partial charge >= 0.3 is 0 Å². The van der Waals surface area contributed by atoms with Gasteiger partial charge in [-0.15, -0.1) is 0 Å². The lowest BCUT2D eigenvalue weighted by molar-refractivity contribution is -0.133. The number of likely N-dealkylation sites (tertiary alicyclic amines) is 1. The van der Waals surface area contributed by atoms with Crippen molar-refractivity contribution in [3.63, 3.8) is 0 Å². The van der Waals surface area contributed by atoms with Crippen molar-refractivity contribution in [2.45, 2.75) is 25.7 Å². The van der Waals surface area contributed by atoms with E-state index in [4.69, 9.17) is 0 Å². The Morgan fingerprint density at radius 2 is 1.89 bits per heavy atom. The number of rotatable bonds is 4. The highest BCUT2D eigenvalue weighted by molar-refractivity contribution is 5.96. The molecule has 2 fully saturated rings. The Bertz CT molecular complexity index is 689. The first-order valence-electron chi connectivity index (χ1n) is 9.68. The van der Waals surface area contributed by atoms with Crippen LogP contribution in [0.2, 0.25) is 0 Å². The van der Waals surface area contributed by atoms with Gasteiger partial charge in [0.1, 0.15) is 11.6 Å². The molecule has 1 aromatic rings. The molecule has 1 atom stereocenters. The molecule has 3 rings (SSSR count). The summed E-state index contributed by atoms with van der Waals surface area (Å²) in [5, 5.41) is 9.86. The molecule has 0 aromatic heterocycles. The van der Waals surface area contributed by atoms with E-state index in [0.29, 0.717) is 19.5 Å². The van der Waals surface area contributed by atoms with E-state index >= 15 is 0 Å². The van der Waals surface area contributed by atoms with E-state index in [1.54, 1.807) is 4.90 Å². The van der Waals surface area contributed by atoms with Crippen LogP contribution >= 0.6 is 0 Å². The first-order valence-corrected chi connectivity index (χ1v) is 9.68. The summed E-state index contributed by atoms with van der Waals surface area (Å²) in [6, 6.07) is 3.47. The van der Waals surface area contributed by atoms with Gasteiger partial charge in [-0.05, 0) is 44.4 Å². The second-order valence-corrected chi connectivity index (χ2v) is 7.64. The van der Waals surface area contributed by atoms with Gasteiger partial charge in [-0.3, -0.25) is 9.59 Å². The molecule has 2 saturated heterocycles. The molecule has 0 aliphatic carbocycles. The highest BCUT2D eigenvalue weighted by Gasteiger charge is 2.27. The van der Waals surface area contributed by atoms with Crippen LogP contribution < -0.4 is 0 Å². The number of phenolic OH excluding ortho intramolecular Hbond substituents is 1. The maximum atomic E-state index is 13.1. The normalized spacial score (nSPS) is 21.3. The minimum atomic E-state index is -0.567. The number of carbonyl (C=O) groups is 2. The maximum Gasteiger partial charge on any atom is 0.257 e. The summed E-state index contributed by atoms with van der Waals surface area (Å²) in [5.41, 5.74) is 0.130. The van der Waals surface area contributed by atoms with Crippen LogP contribution in [0.25, 0.3) is 0 Å². The highest BCUT2D eigenvalue weighted by Crippen LogP contribution is 2.26. The zero-order valence-corrected chi connectivity index (χ0v) is 15.9. The number of carbonyl (C=O) groups excluding carboxylic acids is 2. The van der Waals surface area contributed by atoms with Crippen molar-refractivity contribution in [2.75, 3.05) is 46.3 Å². The van der Waals surface area contributed by atoms with Gasteiger partial charge in [0.2, 0.25) is 5.91 Å². The topological polar surface area (TPSA) is 64.1 Å². The number of nitrogens with zero attached hydrogens (tertiary/aromatic N) is 3. The van der Waals surface area contributed by atoms with Crippen molar-refractivity contribution >= 4 is 11.8 Å². The molecule has 1 N–H and O–H groups in total. The number of amides is 2. The van der Waals surface area contributed by atoms with Crippen molar-refractivity contribution in [3.8, 4) is 5.75 Å². The first kappa shape index (κ1) is 19.6. The minimum absolute atomic E-state index is 0.130. The van der Waals surface area contributed by atoms with E-state index in [0.717, 1.165) is 51.5 Å². The largest absolute Gasteiger partial charge is 0.507 e. The molecular weight excluding hydrogens is 349 g/mol. The number of hydrogen-bond acceptors (Lipinski definition) is 4. The maximum absolute atomic E-state index is 13.1. The molecule has 2 aliphatic rings. The Morgan fingerprint density at radius 3 is 2.59 bits per heavy atom. The molecule has 2 amide bonds. The van der Waals surface area contributed by atoms with Gasteiger partial charge in [-0.1, -0.05) is 0 Å². The molecule has 7 heteroatoms. The summed E-state index contributed by atoms with van der Waals surface area (Å²) < 4.78 is 13.1. The van der Waals surface area contributed by atoms with Crippen molar-refractivity contribution in [1.29, 1.82) is 0 Å². The van der Waals surface area contributed by atoms with E-state index in [1.165, 1.54) is 12.1 Å². The van der Waals surface area contributed by atoms with Gasteiger partial charge in [0.25, 0.3) is 5.91 Å². The van der Waals surface area contributed by atoms with Crippen LogP contribution in [0.3, 0.4) is 0 Å². The second-order valence-electron chi connectivity index (χ2n) is 7.64. The van der Waals surface area contributed by atoms with Crippen molar-refractivity contribution in [1.82, 2.24) is 14.7 Å². The van der Waals surface area contributed by atoms with E-state index in [2.05, 4.69) is 11.9 Å². The summed E-state index contributed by atoms with van der Waals surface area (Å²) in [4.78, 5) is 30.9. The molecule has 0 spiro atoms. The number of piperazine rings is 1. The number of piperidine rings is 1. The molecule has 0 saturated carbocycles. The Hall–Kier alpha value is -2.15. The van der Waals surface area contributed by atoms with Crippen LogP contribution in [0.1, 0.15) is 36.0 Å². The number of halogens is 1. The second kappa shape index (κ2) is 8.69. The van der Waals surface area contributed by atoms with Gasteiger partial charge in [-0.2, -0.15) is 0 Å². The molecule has 27 heavy (non-hydrogen) atoms. The molecular formula is C20H28FN3O3. The summed E-state index contributed by atoms with van der Waals surface area (Å²) in [6.45, 7) is 4.60. The molecule has 6 nitrogen and oxygen atoms in total. The van der Waals surface area contributed by atoms with Crippen LogP contribution in [0.15, 0.2) is 18.2 Å². The quantitative estimate of drug-likeness (QED) is 0.871. The number of benzene rings is 1. The number of phenols is 1. The zero-order chi connectivity index (χ0) is 19.4. The first-order chi connectivity index (χ1) is 12.9. The average Bonchev–Trinajstić information content (AvgIpc) is 2.66. The predicted octanol–water partition coefficient (Wildman–Crippen LogP) is 1.94. The monoisotopic (exact) mass is 377 g/mol. The van der Waals surface area contributed by atoms with Gasteiger partial charge in [0.15, 0.2) is 0 Å². The van der Waals surface area contributed by atoms with E-state index < -0.39 is 5.82 Å². The molecule has 148 valence electrons. The van der Waals surface area contributed by atoms with E-state index in [9.17, 15) is 19.1 Å². The molecule has 0 radical (unpaired) electrons. The standard InChI is InChI=1S/C20H28FN3O3/c1-22-9-11-23(12-10-22)19(26)7-4-15-3-2-8-24(14-15)20(27)17-6-5-16(21)13-18(17)25/h5-6,13,15,25H,2-4,7-12,14H2,1H3/t15-/m1/s1. The third-order valence-corrected chi connectivity index (χ3v) is 5.62. The molecule has 0 bridgehead atoms. The van der Waals surface area contributed by atoms with Gasteiger partial charge in [-0.25, -0.2) is 4.39 Å². The van der Waals surface area contributed by atoms with E-state index in [-0.39, 0.29) is 29.0 Å². The Labute approximate surface area is 159 Å². The summed E-state index contributed by atoms with van der Waals surface area (Å²) in [6.07, 6.45) is 3.15. The summed E-state index contributed by atoms with van der Waals surface area (Å²) in [7, 11) is 2.06. The van der Waals surface area contributed by atoms with Crippen LogP contribution in [0.4, 0.5) is 4.39 Å². The van der Waals surface area contributed by atoms with Gasteiger partial charge < -0.3 is 19.8 Å². The molecule has 0 unspecified atom stereocenters. The van der Waals surface area contributed by atoms with Gasteiger partial charge in [0, 0.05) is 51.8 Å². The summed E-state index contributed by atoms with van der Waals surface area (Å²) >= 11 is 0.